The Hall–Kier alpha value is -4.18. The van der Waals surface area contributed by atoms with Gasteiger partial charge in [-0.25, -0.2) is 4.79 Å². The molecule has 2 heterocycles. The number of fused-ring (bicyclic) bond motifs is 1. The monoisotopic (exact) mass is 418 g/mol. The predicted molar refractivity (Wildman–Crippen MR) is 128 cm³/mol. The van der Waals surface area contributed by atoms with Gasteiger partial charge in [-0.2, -0.15) is 0 Å². The van der Waals surface area contributed by atoms with E-state index < -0.39 is 0 Å². The van der Waals surface area contributed by atoms with Crippen molar-refractivity contribution in [2.75, 3.05) is 4.90 Å². The van der Waals surface area contributed by atoms with E-state index >= 15 is 0 Å². The maximum Gasteiger partial charge on any atom is 0.344 e. The van der Waals surface area contributed by atoms with Crippen molar-refractivity contribution in [3.8, 4) is 11.1 Å². The van der Waals surface area contributed by atoms with Crippen LogP contribution < -0.4 is 10.5 Å². The van der Waals surface area contributed by atoms with Crippen LogP contribution in [0.3, 0.4) is 0 Å². The van der Waals surface area contributed by atoms with Crippen molar-refractivity contribution in [2.45, 2.75) is 13.1 Å². The lowest BCUT2D eigenvalue weighted by Gasteiger charge is -2.25. The number of rotatable bonds is 6. The minimum Gasteiger partial charge on any atom is -0.422 e. The van der Waals surface area contributed by atoms with Gasteiger partial charge in [0.15, 0.2) is 0 Å². The van der Waals surface area contributed by atoms with Crippen LogP contribution in [0.1, 0.15) is 11.1 Å². The lowest BCUT2D eigenvalue weighted by Crippen LogP contribution is -2.22. The zero-order chi connectivity index (χ0) is 21.8. The highest BCUT2D eigenvalue weighted by Gasteiger charge is 2.13. The molecule has 3 aromatic carbocycles. The van der Waals surface area contributed by atoms with Gasteiger partial charge in [0.05, 0.1) is 5.56 Å². The van der Waals surface area contributed by atoms with E-state index in [4.69, 9.17) is 4.42 Å². The van der Waals surface area contributed by atoms with E-state index in [0.717, 1.165) is 29.7 Å². The molecule has 0 saturated heterocycles. The Morgan fingerprint density at radius 1 is 0.719 bits per heavy atom. The molecule has 5 rings (SSSR count). The third kappa shape index (κ3) is 4.30. The number of anilines is 1. The Bertz CT molecular complexity index is 1340. The standard InChI is InChI=1S/C28H22N2O2/c31-28-26(23-13-15-29-16-14-23)17-24-11-12-25(18-27(24)32-28)30(19-21-7-3-1-4-8-21)20-22-9-5-2-6-10-22/h1-18H,19-20H2. The molecule has 4 heteroatoms. The smallest absolute Gasteiger partial charge is 0.344 e. The quantitative estimate of drug-likeness (QED) is 0.314. The second-order valence-corrected chi connectivity index (χ2v) is 7.73. The first kappa shape index (κ1) is 19.8. The highest BCUT2D eigenvalue weighted by Crippen LogP contribution is 2.27. The summed E-state index contributed by atoms with van der Waals surface area (Å²) in [6.45, 7) is 1.50. The van der Waals surface area contributed by atoms with Crippen LogP contribution in [-0.4, -0.2) is 4.98 Å². The third-order valence-electron chi connectivity index (χ3n) is 5.51. The van der Waals surface area contributed by atoms with Crippen LogP contribution in [0.2, 0.25) is 0 Å². The topological polar surface area (TPSA) is 46.3 Å². The molecule has 2 aromatic heterocycles. The molecule has 0 spiro atoms. The SMILES string of the molecule is O=c1oc2cc(N(Cc3ccccc3)Cc3ccccc3)ccc2cc1-c1ccncc1. The first-order valence-electron chi connectivity index (χ1n) is 10.6. The van der Waals surface area contributed by atoms with Crippen LogP contribution in [0, 0.1) is 0 Å². The highest BCUT2D eigenvalue weighted by molar-refractivity contribution is 5.84. The van der Waals surface area contributed by atoms with Crippen molar-refractivity contribution < 1.29 is 4.42 Å². The summed E-state index contributed by atoms with van der Waals surface area (Å²) in [6.07, 6.45) is 3.35. The molecule has 0 atom stereocenters. The Balaban J connectivity index is 1.53. The Kier molecular flexibility index (Phi) is 5.50. The van der Waals surface area contributed by atoms with E-state index in [2.05, 4.69) is 64.5 Å². The van der Waals surface area contributed by atoms with Gasteiger partial charge in [-0.3, -0.25) is 4.98 Å². The number of nitrogens with zero attached hydrogens (tertiary/aromatic N) is 2. The summed E-state index contributed by atoms with van der Waals surface area (Å²) in [7, 11) is 0. The molecule has 5 aromatic rings. The lowest BCUT2D eigenvalue weighted by molar-refractivity contribution is 0.563. The molecule has 0 saturated carbocycles. The van der Waals surface area contributed by atoms with Crippen LogP contribution in [0.4, 0.5) is 5.69 Å². The normalized spacial score (nSPS) is 10.9. The maximum atomic E-state index is 12.7. The summed E-state index contributed by atoms with van der Waals surface area (Å²) in [4.78, 5) is 19.0. The lowest BCUT2D eigenvalue weighted by atomic mass is 10.1. The average Bonchev–Trinajstić information content (AvgIpc) is 2.85. The van der Waals surface area contributed by atoms with Crippen LogP contribution in [-0.2, 0) is 13.1 Å². The first-order valence-corrected chi connectivity index (χ1v) is 10.6. The summed E-state index contributed by atoms with van der Waals surface area (Å²) < 4.78 is 5.74. The van der Waals surface area contributed by atoms with Crippen LogP contribution in [0.25, 0.3) is 22.1 Å². The van der Waals surface area contributed by atoms with Gasteiger partial charge in [0.2, 0.25) is 0 Å². The summed E-state index contributed by atoms with van der Waals surface area (Å²) in [5.41, 5.74) is 5.02. The molecule has 4 nitrogen and oxygen atoms in total. The molecule has 0 bridgehead atoms. The molecule has 156 valence electrons. The van der Waals surface area contributed by atoms with Crippen molar-refractivity contribution in [2.24, 2.45) is 0 Å². The fourth-order valence-electron chi connectivity index (χ4n) is 3.88. The molecule has 0 fully saturated rings. The summed E-state index contributed by atoms with van der Waals surface area (Å²) >= 11 is 0. The average molecular weight is 418 g/mol. The van der Waals surface area contributed by atoms with Crippen molar-refractivity contribution in [3.63, 3.8) is 0 Å². The zero-order valence-electron chi connectivity index (χ0n) is 17.5. The van der Waals surface area contributed by atoms with Crippen molar-refractivity contribution in [1.29, 1.82) is 0 Å². The maximum absolute atomic E-state index is 12.7. The fourth-order valence-corrected chi connectivity index (χ4v) is 3.88. The summed E-state index contributed by atoms with van der Waals surface area (Å²) in [5.74, 6) is 0. The number of hydrogen-bond acceptors (Lipinski definition) is 4. The van der Waals surface area contributed by atoms with Gasteiger partial charge in [0.1, 0.15) is 5.58 Å². The zero-order valence-corrected chi connectivity index (χ0v) is 17.5. The van der Waals surface area contributed by atoms with Crippen LogP contribution in [0.5, 0.6) is 0 Å². The molecule has 0 radical (unpaired) electrons. The molecule has 32 heavy (non-hydrogen) atoms. The fraction of sp³-hybridized carbons (Fsp3) is 0.0714. The van der Waals surface area contributed by atoms with Crippen molar-refractivity contribution >= 4 is 16.7 Å². The summed E-state index contributed by atoms with van der Waals surface area (Å²) in [5, 5.41) is 0.888. The van der Waals surface area contributed by atoms with Gasteiger partial charge in [-0.1, -0.05) is 60.7 Å². The minimum atomic E-state index is -0.349. The van der Waals surface area contributed by atoms with E-state index in [1.807, 2.05) is 42.5 Å². The highest BCUT2D eigenvalue weighted by atomic mass is 16.4. The summed E-state index contributed by atoms with van der Waals surface area (Å²) in [6, 6.07) is 32.3. The predicted octanol–water partition coefficient (Wildman–Crippen LogP) is 6.06. The molecule has 0 aliphatic heterocycles. The number of aromatic nitrogens is 1. The van der Waals surface area contributed by atoms with Crippen LogP contribution in [0.15, 0.2) is 119 Å². The second-order valence-electron chi connectivity index (χ2n) is 7.73. The van der Waals surface area contributed by atoms with Crippen LogP contribution >= 0.6 is 0 Å². The number of pyridine rings is 1. The molecular weight excluding hydrogens is 396 g/mol. The van der Waals surface area contributed by atoms with Gasteiger partial charge >= 0.3 is 5.63 Å². The van der Waals surface area contributed by atoms with Gasteiger partial charge in [0, 0.05) is 42.6 Å². The number of hydrogen-bond donors (Lipinski definition) is 0. The molecule has 0 aliphatic carbocycles. The Labute approximate surface area is 186 Å². The molecular formula is C28H22N2O2. The van der Waals surface area contributed by atoms with Gasteiger partial charge in [-0.05, 0) is 47.0 Å². The Morgan fingerprint density at radius 2 is 1.34 bits per heavy atom. The van der Waals surface area contributed by atoms with Gasteiger partial charge in [0.25, 0.3) is 0 Å². The van der Waals surface area contributed by atoms with E-state index in [9.17, 15) is 4.79 Å². The number of benzene rings is 3. The largest absolute Gasteiger partial charge is 0.422 e. The van der Waals surface area contributed by atoms with E-state index in [0.29, 0.717) is 11.1 Å². The molecule has 0 aliphatic rings. The van der Waals surface area contributed by atoms with E-state index in [1.54, 1.807) is 12.4 Å². The minimum absolute atomic E-state index is 0.349. The molecule has 0 amide bonds. The molecule has 0 unspecified atom stereocenters. The van der Waals surface area contributed by atoms with Gasteiger partial charge in [-0.15, -0.1) is 0 Å². The van der Waals surface area contributed by atoms with Gasteiger partial charge < -0.3 is 9.32 Å². The van der Waals surface area contributed by atoms with E-state index in [1.165, 1.54) is 11.1 Å². The first-order chi connectivity index (χ1) is 15.8. The van der Waals surface area contributed by atoms with Crippen molar-refractivity contribution in [1.82, 2.24) is 4.98 Å². The third-order valence-corrected chi connectivity index (χ3v) is 5.51. The van der Waals surface area contributed by atoms with Crippen molar-refractivity contribution in [3.05, 3.63) is 131 Å². The Morgan fingerprint density at radius 3 is 1.97 bits per heavy atom. The molecule has 0 N–H and O–H groups in total. The van der Waals surface area contributed by atoms with E-state index in [-0.39, 0.29) is 5.63 Å². The second kappa shape index (κ2) is 8.90.